The van der Waals surface area contributed by atoms with Crippen molar-refractivity contribution in [3.63, 3.8) is 0 Å². The standard InChI is InChI=1S/C19H24ClN3O/c1-11(2)18-21-19(24-22-18)17-15(12-4-6-13(20)7-5-12)10-14-8-9-16(17)23(14)3/h4-7,11,14-17H,8-10H2,1-3H3/t14-,15+,16+,17-/m0/s1. The third-order valence-corrected chi connectivity index (χ3v) is 6.08. The number of likely N-dealkylation sites (N-methyl/N-ethyl adjacent to an activating group) is 1. The Morgan fingerprint density at radius 2 is 1.96 bits per heavy atom. The van der Waals surface area contributed by atoms with Crippen molar-refractivity contribution in [1.29, 1.82) is 0 Å². The molecule has 0 radical (unpaired) electrons. The Morgan fingerprint density at radius 3 is 2.62 bits per heavy atom. The Hall–Kier alpha value is -1.39. The maximum atomic E-state index is 6.09. The fourth-order valence-corrected chi connectivity index (χ4v) is 4.60. The first-order valence-electron chi connectivity index (χ1n) is 8.85. The lowest BCUT2D eigenvalue weighted by atomic mass is 9.76. The summed E-state index contributed by atoms with van der Waals surface area (Å²) in [5.74, 6) is 2.57. The fraction of sp³-hybridized carbons (Fsp3) is 0.579. The van der Waals surface area contributed by atoms with Crippen molar-refractivity contribution in [3.8, 4) is 0 Å². The Labute approximate surface area is 148 Å². The van der Waals surface area contributed by atoms with Gasteiger partial charge in [0, 0.05) is 23.0 Å². The maximum Gasteiger partial charge on any atom is 0.231 e. The summed E-state index contributed by atoms with van der Waals surface area (Å²) in [5, 5.41) is 5.00. The van der Waals surface area contributed by atoms with Crippen molar-refractivity contribution < 1.29 is 4.52 Å². The molecule has 2 aliphatic heterocycles. The molecule has 0 aliphatic carbocycles. The van der Waals surface area contributed by atoms with Crippen LogP contribution in [0.5, 0.6) is 0 Å². The Kier molecular flexibility index (Phi) is 4.13. The molecule has 2 fully saturated rings. The predicted octanol–water partition coefficient (Wildman–Crippen LogP) is 4.58. The highest BCUT2D eigenvalue weighted by molar-refractivity contribution is 6.30. The summed E-state index contributed by atoms with van der Waals surface area (Å²) in [4.78, 5) is 7.27. The fourth-order valence-electron chi connectivity index (χ4n) is 4.47. The van der Waals surface area contributed by atoms with E-state index in [9.17, 15) is 0 Å². The van der Waals surface area contributed by atoms with E-state index in [1.807, 2.05) is 12.1 Å². The van der Waals surface area contributed by atoms with Crippen LogP contribution in [0.2, 0.25) is 5.02 Å². The quantitative estimate of drug-likeness (QED) is 0.816. The first kappa shape index (κ1) is 16.1. The number of halogens is 1. The average molecular weight is 346 g/mol. The van der Waals surface area contributed by atoms with Gasteiger partial charge in [0.25, 0.3) is 0 Å². The number of hydrogen-bond acceptors (Lipinski definition) is 4. The lowest BCUT2D eigenvalue weighted by Gasteiger charge is -2.41. The van der Waals surface area contributed by atoms with Crippen molar-refractivity contribution in [1.82, 2.24) is 15.0 Å². The number of piperidine rings is 1. The van der Waals surface area contributed by atoms with Gasteiger partial charge in [0.1, 0.15) is 0 Å². The lowest BCUT2D eigenvalue weighted by Crippen LogP contribution is -2.44. The van der Waals surface area contributed by atoms with Crippen LogP contribution in [-0.4, -0.2) is 34.2 Å². The number of benzene rings is 1. The molecule has 4 atom stereocenters. The molecule has 2 bridgehead atoms. The second-order valence-corrected chi connectivity index (χ2v) is 7.97. The highest BCUT2D eigenvalue weighted by Gasteiger charge is 2.48. The van der Waals surface area contributed by atoms with Gasteiger partial charge >= 0.3 is 0 Å². The van der Waals surface area contributed by atoms with Crippen LogP contribution >= 0.6 is 11.6 Å². The summed E-state index contributed by atoms with van der Waals surface area (Å²) in [7, 11) is 2.24. The van der Waals surface area contributed by atoms with Crippen LogP contribution in [0.15, 0.2) is 28.8 Å². The summed E-state index contributed by atoms with van der Waals surface area (Å²) >= 11 is 6.09. The first-order chi connectivity index (χ1) is 11.5. The van der Waals surface area contributed by atoms with Gasteiger partial charge in [0.2, 0.25) is 5.89 Å². The van der Waals surface area contributed by atoms with E-state index in [0.29, 0.717) is 18.0 Å². The Bertz CT molecular complexity index is 712. The molecule has 24 heavy (non-hydrogen) atoms. The molecule has 5 heteroatoms. The van der Waals surface area contributed by atoms with Crippen LogP contribution in [-0.2, 0) is 0 Å². The van der Waals surface area contributed by atoms with Crippen molar-refractivity contribution in [2.24, 2.45) is 0 Å². The van der Waals surface area contributed by atoms with Crippen LogP contribution in [0.3, 0.4) is 0 Å². The zero-order valence-electron chi connectivity index (χ0n) is 14.4. The molecule has 1 aromatic carbocycles. The SMILES string of the molecule is CC(C)c1noc([C@H]2[C@@H](c3ccc(Cl)cc3)C[C@@H]3CC[C@H]2N3C)n1. The van der Waals surface area contributed by atoms with Crippen LogP contribution in [0, 0.1) is 0 Å². The minimum Gasteiger partial charge on any atom is -0.339 e. The van der Waals surface area contributed by atoms with Gasteiger partial charge in [0.15, 0.2) is 5.82 Å². The van der Waals surface area contributed by atoms with E-state index in [-0.39, 0.29) is 11.8 Å². The second kappa shape index (κ2) is 6.16. The monoisotopic (exact) mass is 345 g/mol. The van der Waals surface area contributed by atoms with Crippen molar-refractivity contribution >= 4 is 11.6 Å². The van der Waals surface area contributed by atoms with E-state index in [2.05, 4.69) is 43.1 Å². The van der Waals surface area contributed by atoms with Crippen LogP contribution in [0.25, 0.3) is 0 Å². The van der Waals surface area contributed by atoms with Gasteiger partial charge in [-0.3, -0.25) is 4.90 Å². The molecule has 1 aromatic heterocycles. The van der Waals surface area contributed by atoms with E-state index >= 15 is 0 Å². The molecule has 4 nitrogen and oxygen atoms in total. The molecule has 0 amide bonds. The highest BCUT2D eigenvalue weighted by atomic mass is 35.5. The molecular formula is C19H24ClN3O. The number of aromatic nitrogens is 2. The molecule has 0 unspecified atom stereocenters. The molecule has 0 spiro atoms. The van der Waals surface area contributed by atoms with Gasteiger partial charge in [-0.25, -0.2) is 0 Å². The molecule has 0 N–H and O–H groups in total. The van der Waals surface area contributed by atoms with Gasteiger partial charge < -0.3 is 4.52 Å². The number of rotatable bonds is 3. The number of hydrogen-bond donors (Lipinski definition) is 0. The predicted molar refractivity (Wildman–Crippen MR) is 94.5 cm³/mol. The molecule has 128 valence electrons. The largest absolute Gasteiger partial charge is 0.339 e. The maximum absolute atomic E-state index is 6.09. The van der Waals surface area contributed by atoms with Crippen molar-refractivity contribution in [3.05, 3.63) is 46.6 Å². The zero-order chi connectivity index (χ0) is 16.8. The minimum atomic E-state index is 0.259. The Balaban J connectivity index is 1.74. The molecule has 3 heterocycles. The summed E-state index contributed by atoms with van der Waals surface area (Å²) in [6.07, 6.45) is 3.60. The molecular weight excluding hydrogens is 322 g/mol. The van der Waals surface area contributed by atoms with E-state index in [1.54, 1.807) is 0 Å². The number of nitrogens with zero attached hydrogens (tertiary/aromatic N) is 3. The topological polar surface area (TPSA) is 42.2 Å². The van der Waals surface area contributed by atoms with Gasteiger partial charge in [-0.1, -0.05) is 42.7 Å². The summed E-state index contributed by atoms with van der Waals surface area (Å²) in [6, 6.07) is 9.42. The van der Waals surface area contributed by atoms with Crippen molar-refractivity contribution in [2.75, 3.05) is 7.05 Å². The summed E-state index contributed by atoms with van der Waals surface area (Å²) < 4.78 is 5.73. The summed E-state index contributed by atoms with van der Waals surface area (Å²) in [5.41, 5.74) is 1.33. The highest BCUT2D eigenvalue weighted by Crippen LogP contribution is 2.50. The normalized spacial score (nSPS) is 30.2. The third kappa shape index (κ3) is 2.66. The van der Waals surface area contributed by atoms with E-state index in [4.69, 9.17) is 21.1 Å². The van der Waals surface area contributed by atoms with Gasteiger partial charge in [-0.05, 0) is 49.9 Å². The van der Waals surface area contributed by atoms with Gasteiger partial charge in [-0.15, -0.1) is 0 Å². The number of fused-ring (bicyclic) bond motifs is 2. The van der Waals surface area contributed by atoms with Crippen molar-refractivity contribution in [2.45, 2.75) is 62.9 Å². The van der Waals surface area contributed by atoms with Gasteiger partial charge in [0.05, 0.1) is 5.92 Å². The van der Waals surface area contributed by atoms with Crippen LogP contribution in [0.4, 0.5) is 0 Å². The third-order valence-electron chi connectivity index (χ3n) is 5.83. The zero-order valence-corrected chi connectivity index (χ0v) is 15.2. The lowest BCUT2D eigenvalue weighted by molar-refractivity contribution is 0.120. The van der Waals surface area contributed by atoms with Crippen LogP contribution < -0.4 is 0 Å². The summed E-state index contributed by atoms with van der Waals surface area (Å²) in [6.45, 7) is 4.20. The van der Waals surface area contributed by atoms with Gasteiger partial charge in [-0.2, -0.15) is 4.98 Å². The minimum absolute atomic E-state index is 0.259. The van der Waals surface area contributed by atoms with E-state index in [1.165, 1.54) is 18.4 Å². The van der Waals surface area contributed by atoms with Crippen LogP contribution in [0.1, 0.15) is 68.1 Å². The first-order valence-corrected chi connectivity index (χ1v) is 9.23. The molecule has 0 saturated carbocycles. The second-order valence-electron chi connectivity index (χ2n) is 7.53. The molecule has 4 rings (SSSR count). The molecule has 2 aromatic rings. The molecule has 2 saturated heterocycles. The van der Waals surface area contributed by atoms with E-state index < -0.39 is 0 Å². The Morgan fingerprint density at radius 1 is 1.21 bits per heavy atom. The average Bonchev–Trinajstić information content (AvgIpc) is 3.12. The van der Waals surface area contributed by atoms with E-state index in [0.717, 1.165) is 23.2 Å². The smallest absolute Gasteiger partial charge is 0.231 e. The molecule has 2 aliphatic rings.